The summed E-state index contributed by atoms with van der Waals surface area (Å²) in [5, 5.41) is 136. The molecule has 11 unspecified atom stereocenters. The molecule has 14 N–H and O–H groups in total. The monoisotopic (exact) mass is 934 g/mol. The number of aliphatic hydroxyl groups excluding tert-OH is 12. The molecule has 0 aromatic rings. The second-order valence-electron chi connectivity index (χ2n) is 16.7. The molecule has 25 atom stereocenters. The molecular weight excluding hydrogens is 868 g/mol. The van der Waals surface area contributed by atoms with Gasteiger partial charge in [0.25, 0.3) is 0 Å². The number of aliphatic hydroxyl groups is 12. The van der Waals surface area contributed by atoms with Crippen LogP contribution in [-0.4, -0.2) is 267 Å². The normalized spacial score (nSPS) is 47.8. The lowest BCUT2D eigenvalue weighted by Crippen LogP contribution is -2.70. The molecule has 26 nitrogen and oxygen atoms in total. The third-order valence-corrected chi connectivity index (χ3v) is 12.3. The van der Waals surface area contributed by atoms with E-state index in [0.29, 0.717) is 0 Å². The molecule has 0 aromatic heterocycles. The number of rotatable bonds is 17. The van der Waals surface area contributed by atoms with Crippen molar-refractivity contribution in [1.82, 2.24) is 10.6 Å². The second-order valence-corrected chi connectivity index (χ2v) is 16.7. The number of nitrogens with one attached hydrogen (secondary N) is 2. The van der Waals surface area contributed by atoms with Crippen molar-refractivity contribution in [2.75, 3.05) is 47.3 Å². The Labute approximate surface area is 367 Å². The topological polar surface area (TPSA) is 393 Å². The number of carbonyl (C=O) groups is 2. The van der Waals surface area contributed by atoms with Gasteiger partial charge in [-0.05, 0) is 13.3 Å². The zero-order valence-electron chi connectivity index (χ0n) is 35.9. The van der Waals surface area contributed by atoms with Crippen molar-refractivity contribution < 1.29 is 118 Å². The molecule has 5 saturated heterocycles. The van der Waals surface area contributed by atoms with Gasteiger partial charge in [0.15, 0.2) is 18.9 Å². The first-order chi connectivity index (χ1) is 30.3. The van der Waals surface area contributed by atoms with E-state index in [9.17, 15) is 70.9 Å². The fourth-order valence-corrected chi connectivity index (χ4v) is 8.94. The molecule has 2 amide bonds. The van der Waals surface area contributed by atoms with Crippen molar-refractivity contribution in [3.63, 3.8) is 0 Å². The molecule has 5 fully saturated rings. The summed E-state index contributed by atoms with van der Waals surface area (Å²) in [6, 6.07) is -2.61. The van der Waals surface area contributed by atoms with E-state index in [2.05, 4.69) is 10.6 Å². The van der Waals surface area contributed by atoms with Gasteiger partial charge < -0.3 is 119 Å². The van der Waals surface area contributed by atoms with E-state index in [-0.39, 0.29) is 6.61 Å². The maximum absolute atomic E-state index is 12.5. The van der Waals surface area contributed by atoms with Gasteiger partial charge in [-0.1, -0.05) is 0 Å². The van der Waals surface area contributed by atoms with Crippen molar-refractivity contribution >= 4 is 11.8 Å². The van der Waals surface area contributed by atoms with Crippen LogP contribution in [0.1, 0.15) is 27.2 Å². The van der Waals surface area contributed by atoms with Gasteiger partial charge in [0, 0.05) is 34.0 Å². The number of ether oxygens (including phenoxy) is 10. The molecule has 0 bridgehead atoms. The van der Waals surface area contributed by atoms with Crippen molar-refractivity contribution in [1.29, 1.82) is 0 Å². The summed E-state index contributed by atoms with van der Waals surface area (Å²) < 4.78 is 57.5. The van der Waals surface area contributed by atoms with Crippen molar-refractivity contribution in [2.24, 2.45) is 5.92 Å². The number of methoxy groups -OCH3 is 2. The van der Waals surface area contributed by atoms with E-state index in [4.69, 9.17) is 47.4 Å². The summed E-state index contributed by atoms with van der Waals surface area (Å²) in [4.78, 5) is 24.5. The molecule has 5 aliphatic heterocycles. The van der Waals surface area contributed by atoms with Gasteiger partial charge in [-0.2, -0.15) is 0 Å². The molecule has 0 spiro atoms. The van der Waals surface area contributed by atoms with Gasteiger partial charge in [-0.25, -0.2) is 0 Å². The maximum atomic E-state index is 12.5. The van der Waals surface area contributed by atoms with Gasteiger partial charge in [0.2, 0.25) is 11.8 Å². The van der Waals surface area contributed by atoms with E-state index in [1.54, 1.807) is 6.92 Å². The van der Waals surface area contributed by atoms with E-state index in [1.165, 1.54) is 21.1 Å². The molecule has 5 rings (SSSR count). The molecule has 64 heavy (non-hydrogen) atoms. The van der Waals surface area contributed by atoms with E-state index < -0.39 is 198 Å². The van der Waals surface area contributed by atoms with Gasteiger partial charge in [-0.15, -0.1) is 0 Å². The highest BCUT2D eigenvalue weighted by molar-refractivity contribution is 5.73. The number of hydrogen-bond acceptors (Lipinski definition) is 24. The van der Waals surface area contributed by atoms with Crippen LogP contribution in [0.25, 0.3) is 0 Å². The SMILES string of the molecule is COCC1O[C@H](C[C@@H]2C(O)[C@H](O[C@@H]3C(CO)O[C@@H](O[C@@H]4C(CO)O[C@@H](C)C(NC(C)=O)[C@H]4O)C(NC(C)=O)C3O)OC(CO[C@H]3OC(CO)[C@@H](O)[C@H](OC)C3O)[C@H]2O)C(O)[C@@H](O)[C@@H]1O. The zero-order valence-corrected chi connectivity index (χ0v) is 35.9. The minimum Gasteiger partial charge on any atom is -0.394 e. The van der Waals surface area contributed by atoms with Crippen molar-refractivity contribution in [3.8, 4) is 0 Å². The Morgan fingerprint density at radius 2 is 1.02 bits per heavy atom. The first-order valence-corrected chi connectivity index (χ1v) is 21.0. The third-order valence-electron chi connectivity index (χ3n) is 12.3. The zero-order chi connectivity index (χ0) is 47.3. The highest BCUT2D eigenvalue weighted by Gasteiger charge is 2.56. The highest BCUT2D eigenvalue weighted by atomic mass is 16.8. The minimum absolute atomic E-state index is 0.219. The van der Waals surface area contributed by atoms with Crippen LogP contribution in [0.5, 0.6) is 0 Å². The maximum Gasteiger partial charge on any atom is 0.217 e. The molecule has 372 valence electrons. The summed E-state index contributed by atoms with van der Waals surface area (Å²) in [5.41, 5.74) is 0. The molecule has 0 saturated carbocycles. The van der Waals surface area contributed by atoms with Crippen LogP contribution in [0.15, 0.2) is 0 Å². The predicted octanol–water partition coefficient (Wildman–Crippen LogP) is -8.60. The fraction of sp³-hybridized carbons (Fsp3) is 0.947. The van der Waals surface area contributed by atoms with Crippen LogP contribution in [0.4, 0.5) is 0 Å². The van der Waals surface area contributed by atoms with Crippen LogP contribution in [0.2, 0.25) is 0 Å². The van der Waals surface area contributed by atoms with Crippen LogP contribution in [0, 0.1) is 5.92 Å². The molecule has 5 heterocycles. The van der Waals surface area contributed by atoms with E-state index >= 15 is 0 Å². The summed E-state index contributed by atoms with van der Waals surface area (Å²) in [6.07, 6.45) is -34.2. The van der Waals surface area contributed by atoms with Gasteiger partial charge >= 0.3 is 0 Å². The minimum atomic E-state index is -1.89. The quantitative estimate of drug-likeness (QED) is 0.0644. The summed E-state index contributed by atoms with van der Waals surface area (Å²) >= 11 is 0. The molecule has 26 heteroatoms. The molecule has 5 aliphatic rings. The van der Waals surface area contributed by atoms with Crippen LogP contribution >= 0.6 is 0 Å². The number of amides is 2. The van der Waals surface area contributed by atoms with Crippen LogP contribution in [-0.2, 0) is 57.0 Å². The Bertz CT molecular complexity index is 1470. The largest absolute Gasteiger partial charge is 0.394 e. The summed E-state index contributed by atoms with van der Waals surface area (Å²) in [5.74, 6) is -2.64. The average molecular weight is 935 g/mol. The standard InChI is InChI=1S/C38H66N2O24/c1-12-22(39-13(2)44)29(51)33(18(8-42)58-12)63-36-23(40-14(3)45)30(52)34(19(9-43)61-36)64-38-25(47)15(6-16-26(48)31(53)27(49)20(59-16)10-55-4)24(46)21(62-38)11-57-37-32(54)35(56-5)28(50)17(7-41)60-37/h12,15-38,41-43,46-54H,6-11H2,1-5H3,(H,39,44)(H,40,45)/t12-,15-,16+,17?,18?,19?,20?,21?,22?,23?,24-,25?,26?,27+,28+,29+,30?,31+,32?,33+,34+,35-,36-,37-,38-/m0/s1. The van der Waals surface area contributed by atoms with Crippen molar-refractivity contribution in [3.05, 3.63) is 0 Å². The first-order valence-electron chi connectivity index (χ1n) is 21.0. The Hall–Kier alpha value is -1.94. The lowest BCUT2D eigenvalue weighted by atomic mass is 9.81. The first kappa shape index (κ1) is 53.0. The fourth-order valence-electron chi connectivity index (χ4n) is 8.94. The van der Waals surface area contributed by atoms with E-state index in [1.807, 2.05) is 0 Å². The lowest BCUT2D eigenvalue weighted by Gasteiger charge is -2.50. The predicted molar refractivity (Wildman–Crippen MR) is 206 cm³/mol. The van der Waals surface area contributed by atoms with Crippen molar-refractivity contribution in [2.45, 2.75) is 174 Å². The Morgan fingerprint density at radius 3 is 1.59 bits per heavy atom. The van der Waals surface area contributed by atoms with Gasteiger partial charge in [0.1, 0.15) is 104 Å². The lowest BCUT2D eigenvalue weighted by molar-refractivity contribution is -0.362. The Kier molecular flexibility index (Phi) is 19.4. The molecule has 0 aliphatic carbocycles. The molecule has 0 aromatic carbocycles. The number of carbonyl (C=O) groups excluding carboxylic acids is 2. The molecular formula is C38H66N2O24. The van der Waals surface area contributed by atoms with Crippen LogP contribution in [0.3, 0.4) is 0 Å². The smallest absolute Gasteiger partial charge is 0.217 e. The Morgan fingerprint density at radius 1 is 0.500 bits per heavy atom. The van der Waals surface area contributed by atoms with Gasteiger partial charge in [-0.3, -0.25) is 9.59 Å². The highest BCUT2D eigenvalue weighted by Crippen LogP contribution is 2.38. The third kappa shape index (κ3) is 11.7. The second kappa shape index (κ2) is 23.4. The van der Waals surface area contributed by atoms with Gasteiger partial charge in [0.05, 0.1) is 57.4 Å². The summed E-state index contributed by atoms with van der Waals surface area (Å²) in [7, 11) is 2.51. The summed E-state index contributed by atoms with van der Waals surface area (Å²) in [6.45, 7) is 0.693. The number of hydrogen-bond donors (Lipinski definition) is 14. The average Bonchev–Trinajstić information content (AvgIpc) is 3.25. The van der Waals surface area contributed by atoms with E-state index in [0.717, 1.165) is 6.92 Å². The molecule has 0 radical (unpaired) electrons. The van der Waals surface area contributed by atoms with Crippen LogP contribution < -0.4 is 10.6 Å². The Balaban J connectivity index is 1.42.